The number of esters is 1. The summed E-state index contributed by atoms with van der Waals surface area (Å²) >= 11 is 0. The maximum atomic E-state index is 11.4. The molecular weight excluding hydrogens is 483 g/mol. The Morgan fingerprint density at radius 2 is 1.97 bits per heavy atom. The van der Waals surface area contributed by atoms with Gasteiger partial charge in [-0.05, 0) is 45.3 Å². The second kappa shape index (κ2) is 14.4. The van der Waals surface area contributed by atoms with E-state index in [2.05, 4.69) is 32.7 Å². The van der Waals surface area contributed by atoms with Crippen molar-refractivity contribution in [3.05, 3.63) is 29.8 Å². The SMILES string of the molecule is CCOC(=O)CCCNC(=NC)NCC(c1ccccc1OC)N1CCCC1.I. The maximum Gasteiger partial charge on any atom is 0.305 e. The summed E-state index contributed by atoms with van der Waals surface area (Å²) < 4.78 is 10.5. The van der Waals surface area contributed by atoms with Gasteiger partial charge in [-0.1, -0.05) is 18.2 Å². The van der Waals surface area contributed by atoms with E-state index in [4.69, 9.17) is 9.47 Å². The Bertz CT molecular complexity index is 636. The zero-order valence-electron chi connectivity index (χ0n) is 17.8. The zero-order chi connectivity index (χ0) is 20.2. The number of hydrogen-bond donors (Lipinski definition) is 2. The first-order valence-corrected chi connectivity index (χ1v) is 10.2. The molecule has 1 aromatic rings. The van der Waals surface area contributed by atoms with Crippen molar-refractivity contribution in [3.8, 4) is 5.75 Å². The molecule has 1 unspecified atom stereocenters. The summed E-state index contributed by atoms with van der Waals surface area (Å²) in [5.41, 5.74) is 1.19. The zero-order valence-corrected chi connectivity index (χ0v) is 20.1. The van der Waals surface area contributed by atoms with Gasteiger partial charge in [-0.25, -0.2) is 0 Å². The fourth-order valence-corrected chi connectivity index (χ4v) is 3.52. The van der Waals surface area contributed by atoms with Crippen molar-refractivity contribution < 1.29 is 14.3 Å². The van der Waals surface area contributed by atoms with Gasteiger partial charge in [0.2, 0.25) is 0 Å². The van der Waals surface area contributed by atoms with E-state index in [9.17, 15) is 4.79 Å². The van der Waals surface area contributed by atoms with Crippen LogP contribution in [-0.4, -0.2) is 63.8 Å². The van der Waals surface area contributed by atoms with Crippen LogP contribution in [0.1, 0.15) is 44.2 Å². The van der Waals surface area contributed by atoms with E-state index in [0.29, 0.717) is 26.0 Å². The number of nitrogens with zero attached hydrogens (tertiary/aromatic N) is 2. The Kier molecular flexibility index (Phi) is 12.7. The molecule has 2 rings (SSSR count). The van der Waals surface area contributed by atoms with Crippen LogP contribution in [0.3, 0.4) is 0 Å². The molecule has 1 aliphatic rings. The van der Waals surface area contributed by atoms with E-state index in [1.807, 2.05) is 19.1 Å². The molecule has 1 atom stereocenters. The highest BCUT2D eigenvalue weighted by Crippen LogP contribution is 2.31. The number of nitrogens with one attached hydrogen (secondary N) is 2. The van der Waals surface area contributed by atoms with Crippen molar-refractivity contribution in [1.29, 1.82) is 0 Å². The molecule has 1 saturated heterocycles. The van der Waals surface area contributed by atoms with Crippen LogP contribution in [0.4, 0.5) is 0 Å². The molecule has 7 nitrogen and oxygen atoms in total. The Morgan fingerprint density at radius 1 is 1.24 bits per heavy atom. The first kappa shape index (κ1) is 25.5. The molecule has 0 aromatic heterocycles. The number of likely N-dealkylation sites (tertiary alicyclic amines) is 1. The number of para-hydroxylation sites is 1. The molecule has 1 aromatic carbocycles. The number of carbonyl (C=O) groups is 1. The molecule has 8 heteroatoms. The molecule has 1 aliphatic heterocycles. The number of halogens is 1. The third kappa shape index (κ3) is 8.38. The number of ether oxygens (including phenoxy) is 2. The van der Waals surface area contributed by atoms with Crippen LogP contribution in [0.5, 0.6) is 5.75 Å². The Balaban J connectivity index is 0.00000420. The van der Waals surface area contributed by atoms with Crippen molar-refractivity contribution in [3.63, 3.8) is 0 Å². The average Bonchev–Trinajstić information content (AvgIpc) is 3.24. The Morgan fingerprint density at radius 3 is 2.62 bits per heavy atom. The predicted molar refractivity (Wildman–Crippen MR) is 127 cm³/mol. The minimum absolute atomic E-state index is 0. The molecule has 1 heterocycles. The predicted octanol–water partition coefficient (Wildman–Crippen LogP) is 2.96. The molecule has 164 valence electrons. The quantitative estimate of drug-likeness (QED) is 0.163. The average molecular weight is 518 g/mol. The molecule has 0 amide bonds. The van der Waals surface area contributed by atoms with Gasteiger partial charge in [-0.3, -0.25) is 14.7 Å². The Hall–Kier alpha value is -1.55. The summed E-state index contributed by atoms with van der Waals surface area (Å²) in [6.07, 6.45) is 3.58. The van der Waals surface area contributed by atoms with Gasteiger partial charge >= 0.3 is 5.97 Å². The lowest BCUT2D eigenvalue weighted by molar-refractivity contribution is -0.143. The van der Waals surface area contributed by atoms with Crippen LogP contribution >= 0.6 is 24.0 Å². The topological polar surface area (TPSA) is 75.2 Å². The second-order valence-electron chi connectivity index (χ2n) is 6.79. The van der Waals surface area contributed by atoms with Gasteiger partial charge in [0.1, 0.15) is 5.75 Å². The summed E-state index contributed by atoms with van der Waals surface area (Å²) in [6.45, 7) is 5.84. The van der Waals surface area contributed by atoms with Gasteiger partial charge in [-0.15, -0.1) is 24.0 Å². The molecule has 0 saturated carbocycles. The summed E-state index contributed by atoms with van der Waals surface area (Å²) in [4.78, 5) is 18.2. The van der Waals surface area contributed by atoms with E-state index < -0.39 is 0 Å². The van der Waals surface area contributed by atoms with Crippen LogP contribution in [0.25, 0.3) is 0 Å². The molecule has 1 fully saturated rings. The van der Waals surface area contributed by atoms with E-state index in [0.717, 1.165) is 31.3 Å². The van der Waals surface area contributed by atoms with E-state index in [-0.39, 0.29) is 36.0 Å². The highest BCUT2D eigenvalue weighted by Gasteiger charge is 2.25. The van der Waals surface area contributed by atoms with Crippen molar-refractivity contribution >= 4 is 35.9 Å². The number of aliphatic imine (C=N–C) groups is 1. The molecular formula is C21H35IN4O3. The number of guanidine groups is 1. The highest BCUT2D eigenvalue weighted by atomic mass is 127. The first-order chi connectivity index (χ1) is 13.7. The molecule has 0 bridgehead atoms. The molecule has 2 N–H and O–H groups in total. The summed E-state index contributed by atoms with van der Waals surface area (Å²) in [7, 11) is 3.48. The standard InChI is InChI=1S/C21H34N4O3.HI/c1-4-28-20(26)12-9-13-23-21(22-2)24-16-18(25-14-7-8-15-25)17-10-5-6-11-19(17)27-3;/h5-6,10-11,18H,4,7-9,12-16H2,1-3H3,(H2,22,23,24);1H. The van der Waals surface area contributed by atoms with E-state index in [1.54, 1.807) is 14.2 Å². The van der Waals surface area contributed by atoms with Crippen molar-refractivity contribution in [2.75, 3.05) is 46.9 Å². The number of rotatable bonds is 10. The van der Waals surface area contributed by atoms with Gasteiger partial charge in [0.15, 0.2) is 5.96 Å². The lowest BCUT2D eigenvalue weighted by Crippen LogP contribution is -2.43. The molecule has 0 aliphatic carbocycles. The van der Waals surface area contributed by atoms with Crippen LogP contribution in [0, 0.1) is 0 Å². The van der Waals surface area contributed by atoms with Crippen molar-refractivity contribution in [1.82, 2.24) is 15.5 Å². The van der Waals surface area contributed by atoms with Gasteiger partial charge in [0, 0.05) is 32.1 Å². The van der Waals surface area contributed by atoms with Crippen molar-refractivity contribution in [2.24, 2.45) is 4.99 Å². The smallest absolute Gasteiger partial charge is 0.305 e. The lowest BCUT2D eigenvalue weighted by atomic mass is 10.0. The van der Waals surface area contributed by atoms with Crippen LogP contribution in [0.2, 0.25) is 0 Å². The summed E-state index contributed by atoms with van der Waals surface area (Å²) in [5, 5.41) is 6.71. The fraction of sp³-hybridized carbons (Fsp3) is 0.619. The number of methoxy groups -OCH3 is 1. The maximum absolute atomic E-state index is 11.4. The van der Waals surface area contributed by atoms with Gasteiger partial charge < -0.3 is 20.1 Å². The third-order valence-corrected chi connectivity index (χ3v) is 4.92. The largest absolute Gasteiger partial charge is 0.496 e. The molecule has 29 heavy (non-hydrogen) atoms. The van der Waals surface area contributed by atoms with Crippen molar-refractivity contribution in [2.45, 2.75) is 38.6 Å². The normalized spacial score (nSPS) is 15.3. The summed E-state index contributed by atoms with van der Waals surface area (Å²) in [5.74, 6) is 1.50. The fourth-order valence-electron chi connectivity index (χ4n) is 3.52. The number of hydrogen-bond acceptors (Lipinski definition) is 5. The van der Waals surface area contributed by atoms with Gasteiger partial charge in [0.05, 0.1) is 19.8 Å². The molecule has 0 spiro atoms. The summed E-state index contributed by atoms with van der Waals surface area (Å²) in [6, 6.07) is 8.43. The minimum Gasteiger partial charge on any atom is -0.496 e. The molecule has 0 radical (unpaired) electrons. The lowest BCUT2D eigenvalue weighted by Gasteiger charge is -2.30. The second-order valence-corrected chi connectivity index (χ2v) is 6.79. The third-order valence-electron chi connectivity index (χ3n) is 4.92. The monoisotopic (exact) mass is 518 g/mol. The minimum atomic E-state index is -0.155. The van der Waals surface area contributed by atoms with E-state index >= 15 is 0 Å². The Labute approximate surface area is 191 Å². The highest BCUT2D eigenvalue weighted by molar-refractivity contribution is 14.0. The van der Waals surface area contributed by atoms with Gasteiger partial charge in [0.25, 0.3) is 0 Å². The van der Waals surface area contributed by atoms with E-state index in [1.165, 1.54) is 18.4 Å². The number of benzene rings is 1. The first-order valence-electron chi connectivity index (χ1n) is 10.2. The van der Waals surface area contributed by atoms with Crippen LogP contribution in [-0.2, 0) is 9.53 Å². The van der Waals surface area contributed by atoms with Gasteiger partial charge in [-0.2, -0.15) is 0 Å². The van der Waals surface area contributed by atoms with Crippen LogP contribution in [0.15, 0.2) is 29.3 Å². The number of carbonyl (C=O) groups excluding carboxylic acids is 1. The van der Waals surface area contributed by atoms with Crippen LogP contribution < -0.4 is 15.4 Å².